The summed E-state index contributed by atoms with van der Waals surface area (Å²) in [6, 6.07) is 8.98. The fraction of sp³-hybridized carbons (Fsp3) is 0.250. The number of halogens is 1. The van der Waals surface area contributed by atoms with Crippen LogP contribution in [0.2, 0.25) is 0 Å². The fourth-order valence-corrected chi connectivity index (χ4v) is 2.46. The van der Waals surface area contributed by atoms with Crippen LogP contribution in [-0.4, -0.2) is 26.4 Å². The van der Waals surface area contributed by atoms with Gasteiger partial charge in [-0.1, -0.05) is 0 Å². The molecule has 122 valence electrons. The molecule has 0 aromatic heterocycles. The van der Waals surface area contributed by atoms with Gasteiger partial charge in [-0.2, -0.15) is 0 Å². The standard InChI is InChI=1S/C8H8BrNO2.C8H9NO2/c9-5-3-7-8(4-6(5)10)12-2-1-11-7;9-6-1-2-7-8(5-6)11-4-3-10-7/h3-4H,1-2,10H2;1-2,5H,3-4,9H2. The van der Waals surface area contributed by atoms with Gasteiger partial charge in [0, 0.05) is 34.0 Å². The molecule has 0 aliphatic carbocycles. The molecule has 0 saturated carbocycles. The van der Waals surface area contributed by atoms with Crippen molar-refractivity contribution in [2.75, 3.05) is 37.9 Å². The first-order chi connectivity index (χ1) is 11.1. The Balaban J connectivity index is 0.000000136. The highest BCUT2D eigenvalue weighted by Crippen LogP contribution is 2.36. The SMILES string of the molecule is Nc1cc2c(cc1Br)OCCO2.Nc1ccc2c(c1)OCCO2. The quantitative estimate of drug-likeness (QED) is 0.683. The molecule has 0 amide bonds. The second-order valence-electron chi connectivity index (χ2n) is 4.92. The Labute approximate surface area is 142 Å². The Morgan fingerprint density at radius 1 is 0.696 bits per heavy atom. The number of hydrogen-bond acceptors (Lipinski definition) is 6. The number of fused-ring (bicyclic) bond motifs is 2. The normalized spacial score (nSPS) is 14.5. The van der Waals surface area contributed by atoms with Crippen LogP contribution in [0.4, 0.5) is 11.4 Å². The van der Waals surface area contributed by atoms with Gasteiger partial charge in [-0.25, -0.2) is 0 Å². The molecule has 2 aliphatic heterocycles. The predicted octanol–water partition coefficient (Wildman–Crippen LogP) is 2.84. The number of nitrogens with two attached hydrogens (primary N) is 2. The van der Waals surface area contributed by atoms with Gasteiger partial charge in [-0.3, -0.25) is 0 Å². The number of anilines is 2. The molecule has 6 nitrogen and oxygen atoms in total. The van der Waals surface area contributed by atoms with E-state index < -0.39 is 0 Å². The van der Waals surface area contributed by atoms with Crippen LogP contribution in [0.15, 0.2) is 34.8 Å². The first-order valence-corrected chi connectivity index (χ1v) is 7.92. The minimum Gasteiger partial charge on any atom is -0.486 e. The van der Waals surface area contributed by atoms with E-state index in [1.54, 1.807) is 18.2 Å². The Bertz CT molecular complexity index is 678. The number of benzene rings is 2. The Kier molecular flexibility index (Phi) is 4.66. The van der Waals surface area contributed by atoms with Crippen LogP contribution in [0.5, 0.6) is 23.0 Å². The highest BCUT2D eigenvalue weighted by molar-refractivity contribution is 9.10. The molecule has 2 heterocycles. The summed E-state index contributed by atoms with van der Waals surface area (Å²) in [7, 11) is 0. The van der Waals surface area contributed by atoms with E-state index in [1.165, 1.54) is 0 Å². The van der Waals surface area contributed by atoms with Crippen molar-refractivity contribution in [3.63, 3.8) is 0 Å². The summed E-state index contributed by atoms with van der Waals surface area (Å²) < 4.78 is 22.1. The van der Waals surface area contributed by atoms with E-state index in [1.807, 2.05) is 12.1 Å². The molecule has 0 atom stereocenters. The first-order valence-electron chi connectivity index (χ1n) is 7.13. The summed E-state index contributed by atoms with van der Waals surface area (Å²) in [6.45, 7) is 2.42. The molecule has 0 fully saturated rings. The molecule has 4 rings (SSSR count). The van der Waals surface area contributed by atoms with Crippen LogP contribution in [-0.2, 0) is 0 Å². The molecule has 2 aromatic rings. The number of rotatable bonds is 0. The Morgan fingerprint density at radius 2 is 1.22 bits per heavy atom. The van der Waals surface area contributed by atoms with Crippen molar-refractivity contribution in [1.29, 1.82) is 0 Å². The highest BCUT2D eigenvalue weighted by atomic mass is 79.9. The summed E-state index contributed by atoms with van der Waals surface area (Å²) in [6.07, 6.45) is 0. The molecule has 0 radical (unpaired) electrons. The Hall–Kier alpha value is -2.28. The third-order valence-corrected chi connectivity index (χ3v) is 3.91. The zero-order chi connectivity index (χ0) is 16.2. The van der Waals surface area contributed by atoms with Gasteiger partial charge in [0.25, 0.3) is 0 Å². The average molecular weight is 381 g/mol. The van der Waals surface area contributed by atoms with Gasteiger partial charge in [0.1, 0.15) is 26.4 Å². The third-order valence-electron chi connectivity index (χ3n) is 3.23. The molecule has 0 spiro atoms. The minimum absolute atomic E-state index is 0.591. The van der Waals surface area contributed by atoms with E-state index in [0.29, 0.717) is 37.8 Å². The van der Waals surface area contributed by atoms with Gasteiger partial charge in [0.2, 0.25) is 0 Å². The summed E-state index contributed by atoms with van der Waals surface area (Å²) in [5.74, 6) is 3.01. The maximum Gasteiger partial charge on any atom is 0.163 e. The van der Waals surface area contributed by atoms with Gasteiger partial charge in [-0.15, -0.1) is 0 Å². The lowest BCUT2D eigenvalue weighted by atomic mass is 10.3. The van der Waals surface area contributed by atoms with Crippen LogP contribution in [0.3, 0.4) is 0 Å². The van der Waals surface area contributed by atoms with Crippen LogP contribution in [0, 0.1) is 0 Å². The molecule has 0 bridgehead atoms. The second kappa shape index (κ2) is 6.87. The van der Waals surface area contributed by atoms with Crippen LogP contribution in [0.1, 0.15) is 0 Å². The van der Waals surface area contributed by atoms with Crippen molar-refractivity contribution in [1.82, 2.24) is 0 Å². The van der Waals surface area contributed by atoms with Gasteiger partial charge in [0.05, 0.1) is 0 Å². The van der Waals surface area contributed by atoms with E-state index in [-0.39, 0.29) is 0 Å². The maximum absolute atomic E-state index is 5.66. The van der Waals surface area contributed by atoms with Crippen molar-refractivity contribution in [3.8, 4) is 23.0 Å². The monoisotopic (exact) mass is 380 g/mol. The lowest BCUT2D eigenvalue weighted by Crippen LogP contribution is -2.15. The smallest absolute Gasteiger partial charge is 0.163 e. The van der Waals surface area contributed by atoms with Crippen LogP contribution in [0.25, 0.3) is 0 Å². The van der Waals surface area contributed by atoms with Gasteiger partial charge in [0.15, 0.2) is 23.0 Å². The van der Waals surface area contributed by atoms with Gasteiger partial charge < -0.3 is 30.4 Å². The van der Waals surface area contributed by atoms with Crippen molar-refractivity contribution >= 4 is 27.3 Å². The average Bonchev–Trinajstić information content (AvgIpc) is 2.56. The van der Waals surface area contributed by atoms with E-state index in [4.69, 9.17) is 30.4 Å². The minimum atomic E-state index is 0.591. The highest BCUT2D eigenvalue weighted by Gasteiger charge is 2.13. The topological polar surface area (TPSA) is 89.0 Å². The zero-order valence-corrected chi connectivity index (χ0v) is 14.0. The molecular weight excluding hydrogens is 364 g/mol. The van der Waals surface area contributed by atoms with E-state index in [9.17, 15) is 0 Å². The summed E-state index contributed by atoms with van der Waals surface area (Å²) in [5.41, 5.74) is 12.6. The van der Waals surface area contributed by atoms with Crippen LogP contribution >= 0.6 is 15.9 Å². The maximum atomic E-state index is 5.66. The van der Waals surface area contributed by atoms with Crippen LogP contribution < -0.4 is 30.4 Å². The molecule has 4 N–H and O–H groups in total. The summed E-state index contributed by atoms with van der Waals surface area (Å²) in [5, 5.41) is 0. The zero-order valence-electron chi connectivity index (χ0n) is 12.4. The van der Waals surface area contributed by atoms with Crippen molar-refractivity contribution in [2.45, 2.75) is 0 Å². The van der Waals surface area contributed by atoms with Crippen molar-refractivity contribution < 1.29 is 18.9 Å². The first kappa shape index (κ1) is 15.6. The summed E-state index contributed by atoms with van der Waals surface area (Å²) >= 11 is 3.31. The Morgan fingerprint density at radius 3 is 1.87 bits per heavy atom. The third kappa shape index (κ3) is 3.73. The molecule has 2 aliphatic rings. The van der Waals surface area contributed by atoms with E-state index in [2.05, 4.69) is 15.9 Å². The number of nitrogen functional groups attached to an aromatic ring is 2. The molecule has 2 aromatic carbocycles. The fourth-order valence-electron chi connectivity index (χ4n) is 2.14. The number of ether oxygens (including phenoxy) is 4. The second-order valence-corrected chi connectivity index (χ2v) is 5.77. The predicted molar refractivity (Wildman–Crippen MR) is 91.4 cm³/mol. The lowest BCUT2D eigenvalue weighted by molar-refractivity contribution is 0.171. The van der Waals surface area contributed by atoms with E-state index >= 15 is 0 Å². The lowest BCUT2D eigenvalue weighted by Gasteiger charge is -2.18. The van der Waals surface area contributed by atoms with Gasteiger partial charge in [-0.05, 0) is 28.1 Å². The number of hydrogen-bond donors (Lipinski definition) is 2. The van der Waals surface area contributed by atoms with E-state index in [0.717, 1.165) is 27.5 Å². The van der Waals surface area contributed by atoms with Crippen molar-refractivity contribution in [3.05, 3.63) is 34.8 Å². The van der Waals surface area contributed by atoms with Crippen molar-refractivity contribution in [2.24, 2.45) is 0 Å². The molecule has 7 heteroatoms. The molecule has 23 heavy (non-hydrogen) atoms. The van der Waals surface area contributed by atoms with Gasteiger partial charge >= 0.3 is 0 Å². The summed E-state index contributed by atoms with van der Waals surface area (Å²) in [4.78, 5) is 0. The largest absolute Gasteiger partial charge is 0.486 e. The molecule has 0 unspecified atom stereocenters. The molecule has 0 saturated heterocycles. The molecular formula is C16H17BrN2O4.